The summed E-state index contributed by atoms with van der Waals surface area (Å²) in [5.41, 5.74) is 4.65. The number of hydrogen-bond acceptors (Lipinski definition) is 5. The summed E-state index contributed by atoms with van der Waals surface area (Å²) in [5, 5.41) is 12.2. The number of hydrogen-bond donors (Lipinski definition) is 2. The molecule has 2 N–H and O–H groups in total. The minimum absolute atomic E-state index is 0.00962. The van der Waals surface area contributed by atoms with Gasteiger partial charge in [-0.05, 0) is 54.4 Å². The third kappa shape index (κ3) is 4.75. The third-order valence-electron chi connectivity index (χ3n) is 7.27. The van der Waals surface area contributed by atoms with E-state index in [0.717, 1.165) is 24.0 Å². The number of carboxylic acids is 1. The van der Waals surface area contributed by atoms with Gasteiger partial charge in [0.05, 0.1) is 6.10 Å². The monoisotopic (exact) mass is 478 g/mol. The number of carboxylic acid groups (broad SMARTS) is 1. The minimum Gasteiger partial charge on any atom is -0.480 e. The van der Waals surface area contributed by atoms with E-state index in [4.69, 9.17) is 9.47 Å². The minimum atomic E-state index is -0.968. The van der Waals surface area contributed by atoms with Crippen molar-refractivity contribution in [3.8, 4) is 11.1 Å². The molecule has 35 heavy (non-hydrogen) atoms. The van der Waals surface area contributed by atoms with Crippen LogP contribution in [0.3, 0.4) is 0 Å². The molecule has 2 unspecified atom stereocenters. The molecule has 0 radical (unpaired) electrons. The standard InChI is InChI=1S/C27H30N2O6/c30-25(29-14-6-5-11-23(29)26(31)32)24-13-12-17(35-24)15-28-27(33)34-16-22-20-9-3-1-7-18(20)19-8-2-4-10-21(19)22/h1-4,7-10,17,22-24H,5-6,11-16H2,(H,28,33)(H,31,32)/t17?,23-,24?/m0/s1. The van der Waals surface area contributed by atoms with Crippen LogP contribution in [0.15, 0.2) is 48.5 Å². The summed E-state index contributed by atoms with van der Waals surface area (Å²) in [5.74, 6) is -1.24. The molecule has 2 fully saturated rings. The van der Waals surface area contributed by atoms with E-state index >= 15 is 0 Å². The first kappa shape index (κ1) is 23.4. The summed E-state index contributed by atoms with van der Waals surface area (Å²) in [7, 11) is 0. The van der Waals surface area contributed by atoms with E-state index in [2.05, 4.69) is 29.6 Å². The van der Waals surface area contributed by atoms with Crippen LogP contribution in [0.1, 0.15) is 49.1 Å². The molecule has 8 nitrogen and oxygen atoms in total. The van der Waals surface area contributed by atoms with Crippen molar-refractivity contribution in [1.29, 1.82) is 0 Å². The van der Waals surface area contributed by atoms with E-state index in [1.54, 1.807) is 0 Å². The number of alkyl carbamates (subject to hydrolysis) is 1. The fourth-order valence-corrected chi connectivity index (χ4v) is 5.52. The number of aliphatic carboxylic acids is 1. The van der Waals surface area contributed by atoms with Gasteiger partial charge in [-0.1, -0.05) is 48.5 Å². The van der Waals surface area contributed by atoms with Gasteiger partial charge in [0, 0.05) is 19.0 Å². The molecule has 184 valence electrons. The van der Waals surface area contributed by atoms with Crippen LogP contribution in [-0.2, 0) is 19.1 Å². The molecule has 8 heteroatoms. The molecule has 2 saturated heterocycles. The van der Waals surface area contributed by atoms with Crippen LogP contribution in [-0.4, -0.2) is 65.9 Å². The van der Waals surface area contributed by atoms with E-state index in [-0.39, 0.29) is 31.1 Å². The van der Waals surface area contributed by atoms with Gasteiger partial charge in [0.15, 0.2) is 0 Å². The van der Waals surface area contributed by atoms with E-state index in [1.165, 1.54) is 16.0 Å². The zero-order valence-corrected chi connectivity index (χ0v) is 19.5. The predicted octanol–water partition coefficient (Wildman–Crippen LogP) is 3.54. The van der Waals surface area contributed by atoms with Crippen molar-refractivity contribution >= 4 is 18.0 Å². The lowest BCUT2D eigenvalue weighted by Gasteiger charge is -2.34. The Bertz CT molecular complexity index is 1070. The maximum absolute atomic E-state index is 12.9. The zero-order chi connectivity index (χ0) is 24.4. The Balaban J connectivity index is 1.11. The molecule has 2 aromatic carbocycles. The molecule has 0 bridgehead atoms. The summed E-state index contributed by atoms with van der Waals surface area (Å²) >= 11 is 0. The second-order valence-corrected chi connectivity index (χ2v) is 9.41. The molecule has 2 aromatic rings. The summed E-state index contributed by atoms with van der Waals surface area (Å²) in [6.07, 6.45) is 1.72. The lowest BCUT2D eigenvalue weighted by Crippen LogP contribution is -2.51. The number of nitrogens with one attached hydrogen (secondary N) is 1. The van der Waals surface area contributed by atoms with Crippen molar-refractivity contribution in [2.75, 3.05) is 19.7 Å². The van der Waals surface area contributed by atoms with Crippen molar-refractivity contribution in [3.63, 3.8) is 0 Å². The van der Waals surface area contributed by atoms with E-state index in [1.807, 2.05) is 24.3 Å². The molecule has 2 heterocycles. The van der Waals surface area contributed by atoms with Crippen LogP contribution in [0, 0.1) is 0 Å². The van der Waals surface area contributed by atoms with Gasteiger partial charge in [0.1, 0.15) is 18.8 Å². The van der Waals surface area contributed by atoms with Gasteiger partial charge in [0.25, 0.3) is 5.91 Å². The van der Waals surface area contributed by atoms with E-state index in [9.17, 15) is 19.5 Å². The maximum atomic E-state index is 12.9. The normalized spacial score (nSPS) is 23.4. The highest BCUT2D eigenvalue weighted by atomic mass is 16.6. The third-order valence-corrected chi connectivity index (χ3v) is 7.27. The second kappa shape index (κ2) is 10.1. The number of amides is 2. The quantitative estimate of drug-likeness (QED) is 0.658. The number of ether oxygens (including phenoxy) is 2. The smallest absolute Gasteiger partial charge is 0.407 e. The molecule has 2 amide bonds. The number of nitrogens with zero attached hydrogens (tertiary/aromatic N) is 1. The molecule has 3 aliphatic rings. The second-order valence-electron chi connectivity index (χ2n) is 9.41. The number of benzene rings is 2. The van der Waals surface area contributed by atoms with Crippen molar-refractivity contribution in [2.24, 2.45) is 0 Å². The fraction of sp³-hybridized carbons (Fsp3) is 0.444. The molecule has 0 saturated carbocycles. The predicted molar refractivity (Wildman–Crippen MR) is 128 cm³/mol. The number of fused-ring (bicyclic) bond motifs is 3. The highest BCUT2D eigenvalue weighted by Gasteiger charge is 2.39. The lowest BCUT2D eigenvalue weighted by atomic mass is 9.98. The Morgan fingerprint density at radius 2 is 1.66 bits per heavy atom. The number of piperidine rings is 1. The molecular formula is C27H30N2O6. The van der Waals surface area contributed by atoms with Gasteiger partial charge in [-0.25, -0.2) is 9.59 Å². The first-order valence-corrected chi connectivity index (χ1v) is 12.3. The van der Waals surface area contributed by atoms with Gasteiger partial charge in [0.2, 0.25) is 0 Å². The van der Waals surface area contributed by atoms with E-state index < -0.39 is 24.2 Å². The Morgan fingerprint density at radius 3 is 2.34 bits per heavy atom. The Kier molecular flexibility index (Phi) is 6.72. The topological polar surface area (TPSA) is 105 Å². The zero-order valence-electron chi connectivity index (χ0n) is 19.5. The average molecular weight is 479 g/mol. The van der Waals surface area contributed by atoms with E-state index in [0.29, 0.717) is 25.8 Å². The van der Waals surface area contributed by atoms with Gasteiger partial charge in [-0.2, -0.15) is 0 Å². The Hall–Kier alpha value is -3.39. The van der Waals surface area contributed by atoms with Crippen molar-refractivity contribution in [3.05, 3.63) is 59.7 Å². The largest absolute Gasteiger partial charge is 0.480 e. The Labute approximate surface area is 204 Å². The molecule has 0 aromatic heterocycles. The van der Waals surface area contributed by atoms with Gasteiger partial charge in [-0.15, -0.1) is 0 Å². The van der Waals surface area contributed by atoms with Crippen LogP contribution in [0.2, 0.25) is 0 Å². The van der Waals surface area contributed by atoms with Crippen molar-refractivity contribution in [2.45, 2.75) is 56.3 Å². The van der Waals surface area contributed by atoms with Gasteiger partial charge < -0.3 is 24.8 Å². The van der Waals surface area contributed by atoms with Crippen LogP contribution < -0.4 is 5.32 Å². The fourth-order valence-electron chi connectivity index (χ4n) is 5.52. The summed E-state index contributed by atoms with van der Waals surface area (Å²) in [6.45, 7) is 0.916. The van der Waals surface area contributed by atoms with Crippen molar-refractivity contribution in [1.82, 2.24) is 10.2 Å². The number of carbonyl (C=O) groups is 3. The summed E-state index contributed by atoms with van der Waals surface area (Å²) < 4.78 is 11.4. The molecule has 1 aliphatic carbocycles. The first-order valence-electron chi connectivity index (χ1n) is 12.3. The molecular weight excluding hydrogens is 448 g/mol. The maximum Gasteiger partial charge on any atom is 0.407 e. The van der Waals surface area contributed by atoms with Crippen LogP contribution in [0.25, 0.3) is 11.1 Å². The highest BCUT2D eigenvalue weighted by Crippen LogP contribution is 2.44. The van der Waals surface area contributed by atoms with Crippen molar-refractivity contribution < 1.29 is 29.0 Å². The van der Waals surface area contributed by atoms with Crippen LogP contribution >= 0.6 is 0 Å². The van der Waals surface area contributed by atoms with Crippen LogP contribution in [0.5, 0.6) is 0 Å². The average Bonchev–Trinajstić information content (AvgIpc) is 3.49. The summed E-state index contributed by atoms with van der Waals surface area (Å²) in [4.78, 5) is 38.3. The molecule has 5 rings (SSSR count). The van der Waals surface area contributed by atoms with Gasteiger partial charge in [-0.3, -0.25) is 4.79 Å². The van der Waals surface area contributed by atoms with Crippen LogP contribution in [0.4, 0.5) is 4.79 Å². The SMILES string of the molecule is O=C(NCC1CCC(C(=O)N2CCCC[C@H]2C(=O)O)O1)OCC1c2ccccc2-c2ccccc21. The lowest BCUT2D eigenvalue weighted by molar-refractivity contribution is -0.157. The number of likely N-dealkylation sites (tertiary alicyclic amines) is 1. The summed E-state index contributed by atoms with van der Waals surface area (Å²) in [6, 6.07) is 15.6. The highest BCUT2D eigenvalue weighted by molar-refractivity contribution is 5.87. The number of carbonyl (C=O) groups excluding carboxylic acids is 2. The number of rotatable bonds is 6. The molecule has 3 atom stereocenters. The molecule has 0 spiro atoms. The first-order chi connectivity index (χ1) is 17.0. The van der Waals surface area contributed by atoms with Gasteiger partial charge >= 0.3 is 12.1 Å². The molecule has 2 aliphatic heterocycles. The Morgan fingerprint density at radius 1 is 0.971 bits per heavy atom.